The predicted octanol–water partition coefficient (Wildman–Crippen LogP) is 3.27. The highest BCUT2D eigenvalue weighted by atomic mass is 32.2. The largest absolute Gasteiger partial charge is 0.236 e. The molecule has 0 amide bonds. The Kier molecular flexibility index (Phi) is 4.59. The second-order valence-electron chi connectivity index (χ2n) is 5.55. The van der Waals surface area contributed by atoms with Crippen LogP contribution < -0.4 is 4.72 Å². The van der Waals surface area contributed by atoms with Gasteiger partial charge in [-0.2, -0.15) is 0 Å². The average molecular weight is 331 g/mol. The van der Waals surface area contributed by atoms with Crippen molar-refractivity contribution >= 4 is 16.1 Å². The number of fused-ring (bicyclic) bond motifs is 1. The third kappa shape index (κ3) is 3.68. The fraction of sp³-hybridized carbons (Fsp3) is 0.222. The van der Waals surface area contributed by atoms with Crippen molar-refractivity contribution in [2.75, 3.05) is 6.54 Å². The van der Waals surface area contributed by atoms with Crippen LogP contribution in [0.1, 0.15) is 23.1 Å². The van der Waals surface area contributed by atoms with Gasteiger partial charge in [0.05, 0.1) is 4.91 Å². The summed E-state index contributed by atoms with van der Waals surface area (Å²) in [4.78, 5) is 0.393. The van der Waals surface area contributed by atoms with Crippen molar-refractivity contribution in [3.8, 4) is 0 Å². The number of aryl methyl sites for hydroxylation is 1. The van der Waals surface area contributed by atoms with Crippen molar-refractivity contribution < 1.29 is 12.8 Å². The van der Waals surface area contributed by atoms with Gasteiger partial charge in [0.25, 0.3) is 0 Å². The molecule has 0 spiro atoms. The summed E-state index contributed by atoms with van der Waals surface area (Å²) in [7, 11) is -3.52. The van der Waals surface area contributed by atoms with E-state index in [2.05, 4.69) is 4.72 Å². The molecule has 0 bridgehead atoms. The van der Waals surface area contributed by atoms with Crippen LogP contribution in [0.2, 0.25) is 0 Å². The topological polar surface area (TPSA) is 46.2 Å². The number of rotatable bonds is 5. The van der Waals surface area contributed by atoms with E-state index in [-0.39, 0.29) is 12.4 Å². The molecule has 1 N–H and O–H groups in total. The zero-order chi connectivity index (χ0) is 16.3. The van der Waals surface area contributed by atoms with Crippen LogP contribution in [-0.2, 0) is 22.9 Å². The number of hydrogen-bond donors (Lipinski definition) is 1. The van der Waals surface area contributed by atoms with Crippen LogP contribution in [-0.4, -0.2) is 15.0 Å². The third-order valence-electron chi connectivity index (χ3n) is 4.00. The first kappa shape index (κ1) is 15.9. The van der Waals surface area contributed by atoms with Crippen LogP contribution in [0.3, 0.4) is 0 Å². The van der Waals surface area contributed by atoms with E-state index in [1.807, 2.05) is 24.3 Å². The van der Waals surface area contributed by atoms with E-state index >= 15 is 0 Å². The van der Waals surface area contributed by atoms with Gasteiger partial charge in [-0.1, -0.05) is 42.5 Å². The van der Waals surface area contributed by atoms with E-state index in [0.29, 0.717) is 23.3 Å². The highest BCUT2D eigenvalue weighted by molar-refractivity contribution is 7.93. The molecule has 5 heteroatoms. The van der Waals surface area contributed by atoms with Crippen molar-refractivity contribution in [3.05, 3.63) is 75.9 Å². The molecule has 0 radical (unpaired) electrons. The van der Waals surface area contributed by atoms with Gasteiger partial charge < -0.3 is 0 Å². The van der Waals surface area contributed by atoms with Crippen LogP contribution in [0.5, 0.6) is 0 Å². The Morgan fingerprint density at radius 2 is 1.74 bits per heavy atom. The van der Waals surface area contributed by atoms with E-state index in [9.17, 15) is 12.8 Å². The lowest BCUT2D eigenvalue weighted by atomic mass is 9.98. The van der Waals surface area contributed by atoms with Gasteiger partial charge in [-0.15, -0.1) is 0 Å². The van der Waals surface area contributed by atoms with Crippen molar-refractivity contribution in [1.29, 1.82) is 0 Å². The zero-order valence-electron chi connectivity index (χ0n) is 12.6. The summed E-state index contributed by atoms with van der Waals surface area (Å²) in [5.74, 6) is -0.308. The normalized spacial score (nSPS) is 14.2. The molecule has 0 saturated heterocycles. The Morgan fingerprint density at radius 3 is 2.57 bits per heavy atom. The van der Waals surface area contributed by atoms with Gasteiger partial charge in [-0.3, -0.25) is 0 Å². The minimum Gasteiger partial charge on any atom is -0.211 e. The Balaban J connectivity index is 1.68. The first-order valence-corrected chi connectivity index (χ1v) is 9.06. The molecular weight excluding hydrogens is 313 g/mol. The van der Waals surface area contributed by atoms with Crippen LogP contribution >= 0.6 is 0 Å². The smallest absolute Gasteiger partial charge is 0.211 e. The van der Waals surface area contributed by atoms with E-state index in [4.69, 9.17) is 0 Å². The summed E-state index contributed by atoms with van der Waals surface area (Å²) in [5.41, 5.74) is 2.63. The molecule has 0 aromatic heterocycles. The van der Waals surface area contributed by atoms with Gasteiger partial charge in [-0.05, 0) is 48.1 Å². The van der Waals surface area contributed by atoms with Crippen LogP contribution in [0.25, 0.3) is 6.08 Å². The number of allylic oxidation sites excluding steroid dienone is 1. The predicted molar refractivity (Wildman–Crippen MR) is 89.8 cm³/mol. The Morgan fingerprint density at radius 1 is 1.00 bits per heavy atom. The first-order chi connectivity index (χ1) is 11.1. The van der Waals surface area contributed by atoms with Crippen molar-refractivity contribution in [2.45, 2.75) is 19.3 Å². The first-order valence-electron chi connectivity index (χ1n) is 7.58. The van der Waals surface area contributed by atoms with Crippen molar-refractivity contribution in [1.82, 2.24) is 4.72 Å². The lowest BCUT2D eigenvalue weighted by Gasteiger charge is -2.17. The molecular formula is C18H18FNO2S. The molecule has 1 aliphatic rings. The fourth-order valence-corrected chi connectivity index (χ4v) is 3.94. The third-order valence-corrected chi connectivity index (χ3v) is 5.60. The Hall–Kier alpha value is -1.98. The lowest BCUT2D eigenvalue weighted by Crippen LogP contribution is -2.28. The summed E-state index contributed by atoms with van der Waals surface area (Å²) in [6.07, 6.45) is 3.27. The SMILES string of the molecule is O=S(=O)(NCCc1ccccc1F)C1=Cc2ccccc2CC1. The second kappa shape index (κ2) is 6.64. The molecule has 0 atom stereocenters. The molecule has 0 fully saturated rings. The molecule has 0 saturated carbocycles. The van der Waals surface area contributed by atoms with Crippen molar-refractivity contribution in [2.24, 2.45) is 0 Å². The monoisotopic (exact) mass is 331 g/mol. The number of nitrogens with one attached hydrogen (secondary N) is 1. The van der Waals surface area contributed by atoms with Gasteiger partial charge in [0.1, 0.15) is 5.82 Å². The van der Waals surface area contributed by atoms with Gasteiger partial charge in [0.15, 0.2) is 0 Å². The molecule has 0 aliphatic heterocycles. The zero-order valence-corrected chi connectivity index (χ0v) is 13.4. The van der Waals surface area contributed by atoms with Gasteiger partial charge in [0.2, 0.25) is 10.0 Å². The van der Waals surface area contributed by atoms with E-state index < -0.39 is 10.0 Å². The lowest BCUT2D eigenvalue weighted by molar-refractivity contribution is 0.581. The molecule has 2 aromatic rings. The minimum atomic E-state index is -3.52. The summed E-state index contributed by atoms with van der Waals surface area (Å²) in [6.45, 7) is 0.183. The summed E-state index contributed by atoms with van der Waals surface area (Å²) in [5, 5.41) is 0. The quantitative estimate of drug-likeness (QED) is 0.914. The minimum absolute atomic E-state index is 0.183. The standard InChI is InChI=1S/C18H18FNO2S/c19-18-8-4-3-6-15(18)11-12-20-23(21,22)17-10-9-14-5-1-2-7-16(14)13-17/h1-8,13,20H,9-12H2. The van der Waals surface area contributed by atoms with Crippen LogP contribution in [0, 0.1) is 5.82 Å². The second-order valence-corrected chi connectivity index (χ2v) is 7.37. The number of sulfonamides is 1. The number of hydrogen-bond acceptors (Lipinski definition) is 2. The molecule has 23 heavy (non-hydrogen) atoms. The van der Waals surface area contributed by atoms with Gasteiger partial charge >= 0.3 is 0 Å². The maximum Gasteiger partial charge on any atom is 0.236 e. The molecule has 3 rings (SSSR count). The number of halogens is 1. The molecule has 0 unspecified atom stereocenters. The molecule has 2 aromatic carbocycles. The average Bonchev–Trinajstić information content (AvgIpc) is 2.56. The van der Waals surface area contributed by atoms with E-state index in [1.165, 1.54) is 6.07 Å². The summed E-state index contributed by atoms with van der Waals surface area (Å²) >= 11 is 0. The summed E-state index contributed by atoms with van der Waals surface area (Å²) < 4.78 is 40.9. The molecule has 120 valence electrons. The summed E-state index contributed by atoms with van der Waals surface area (Å²) in [6, 6.07) is 14.2. The highest BCUT2D eigenvalue weighted by Gasteiger charge is 2.21. The van der Waals surface area contributed by atoms with Crippen LogP contribution in [0.4, 0.5) is 4.39 Å². The highest BCUT2D eigenvalue weighted by Crippen LogP contribution is 2.26. The Labute approximate surface area is 135 Å². The Bertz CT molecular complexity index is 844. The van der Waals surface area contributed by atoms with E-state index in [1.54, 1.807) is 24.3 Å². The molecule has 0 heterocycles. The molecule has 1 aliphatic carbocycles. The van der Waals surface area contributed by atoms with Crippen LogP contribution in [0.15, 0.2) is 53.4 Å². The maximum absolute atomic E-state index is 13.5. The van der Waals surface area contributed by atoms with Gasteiger partial charge in [0, 0.05) is 6.54 Å². The van der Waals surface area contributed by atoms with Gasteiger partial charge in [-0.25, -0.2) is 17.5 Å². The fourth-order valence-electron chi connectivity index (χ4n) is 2.73. The van der Waals surface area contributed by atoms with E-state index in [0.717, 1.165) is 17.5 Å². The molecule has 3 nitrogen and oxygen atoms in total. The maximum atomic E-state index is 13.5. The van der Waals surface area contributed by atoms with Crippen molar-refractivity contribution in [3.63, 3.8) is 0 Å². The number of benzene rings is 2.